The predicted octanol–water partition coefficient (Wildman–Crippen LogP) is 2.52. The molecule has 0 aliphatic rings. The van der Waals surface area contributed by atoms with Gasteiger partial charge in [-0.05, 0) is 32.9 Å². The average molecular weight is 250 g/mol. The number of unbranched alkanes of at least 4 members (excludes halogenated alkanes) is 1. The number of hydrogen-bond acceptors (Lipinski definition) is 4. The van der Waals surface area contributed by atoms with E-state index in [0.29, 0.717) is 0 Å². The van der Waals surface area contributed by atoms with Crippen molar-refractivity contribution in [3.05, 3.63) is 17.5 Å². The van der Waals surface area contributed by atoms with Gasteiger partial charge in [-0.15, -0.1) is 0 Å². The first-order valence-electron chi connectivity index (χ1n) is 7.01. The molecule has 1 aromatic heterocycles. The van der Waals surface area contributed by atoms with Crippen molar-refractivity contribution in [3.8, 4) is 0 Å². The van der Waals surface area contributed by atoms with Crippen molar-refractivity contribution in [2.24, 2.45) is 0 Å². The lowest BCUT2D eigenvalue weighted by atomic mass is 10.3. The molecule has 0 aromatic carbocycles. The fourth-order valence-electron chi connectivity index (χ4n) is 1.85. The Kier molecular flexibility index (Phi) is 6.65. The molecule has 0 atom stereocenters. The van der Waals surface area contributed by atoms with Gasteiger partial charge in [-0.1, -0.05) is 20.3 Å². The lowest BCUT2D eigenvalue weighted by molar-refractivity contribution is 0.686. The monoisotopic (exact) mass is 250 g/mol. The Hall–Kier alpha value is -1.16. The van der Waals surface area contributed by atoms with E-state index in [1.54, 1.807) is 0 Å². The Balaban J connectivity index is 2.81. The first-order valence-corrected chi connectivity index (χ1v) is 7.01. The molecule has 4 nitrogen and oxygen atoms in total. The first kappa shape index (κ1) is 14.9. The maximum absolute atomic E-state index is 4.65. The maximum atomic E-state index is 4.65. The van der Waals surface area contributed by atoms with Crippen molar-refractivity contribution in [1.29, 1.82) is 0 Å². The van der Waals surface area contributed by atoms with E-state index >= 15 is 0 Å². The molecule has 0 unspecified atom stereocenters. The van der Waals surface area contributed by atoms with Crippen LogP contribution in [0.4, 0.5) is 5.95 Å². The Morgan fingerprint density at radius 1 is 1.22 bits per heavy atom. The number of nitrogens with zero attached hydrogens (tertiary/aromatic N) is 3. The van der Waals surface area contributed by atoms with Crippen LogP contribution >= 0.6 is 0 Å². The normalized spacial score (nSPS) is 10.7. The van der Waals surface area contributed by atoms with Crippen molar-refractivity contribution in [1.82, 2.24) is 15.3 Å². The Bertz CT molecular complexity index is 352. The third-order valence-electron chi connectivity index (χ3n) is 2.90. The maximum Gasteiger partial charge on any atom is 0.225 e. The topological polar surface area (TPSA) is 41.1 Å². The zero-order valence-corrected chi connectivity index (χ0v) is 12.2. The van der Waals surface area contributed by atoms with Crippen LogP contribution in [-0.4, -0.2) is 29.6 Å². The van der Waals surface area contributed by atoms with E-state index in [0.717, 1.165) is 43.5 Å². The van der Waals surface area contributed by atoms with Gasteiger partial charge >= 0.3 is 0 Å². The Morgan fingerprint density at radius 2 is 2.00 bits per heavy atom. The van der Waals surface area contributed by atoms with Gasteiger partial charge in [-0.3, -0.25) is 0 Å². The summed E-state index contributed by atoms with van der Waals surface area (Å²) in [4.78, 5) is 11.5. The molecule has 1 heterocycles. The largest absolute Gasteiger partial charge is 0.341 e. The number of aryl methyl sites for hydroxylation is 1. The lowest BCUT2D eigenvalue weighted by Gasteiger charge is -2.21. The Morgan fingerprint density at radius 3 is 2.61 bits per heavy atom. The molecule has 1 aromatic rings. The molecule has 18 heavy (non-hydrogen) atoms. The molecule has 0 saturated carbocycles. The zero-order valence-electron chi connectivity index (χ0n) is 12.2. The molecule has 0 spiro atoms. The zero-order chi connectivity index (χ0) is 13.4. The van der Waals surface area contributed by atoms with Gasteiger partial charge in [-0.2, -0.15) is 0 Å². The van der Waals surface area contributed by atoms with Crippen LogP contribution in [0, 0.1) is 6.92 Å². The second-order valence-electron chi connectivity index (χ2n) is 4.51. The van der Waals surface area contributed by atoms with Crippen molar-refractivity contribution in [3.63, 3.8) is 0 Å². The number of aromatic nitrogens is 2. The van der Waals surface area contributed by atoms with Crippen molar-refractivity contribution < 1.29 is 0 Å². The van der Waals surface area contributed by atoms with Gasteiger partial charge in [0.05, 0.1) is 5.69 Å². The molecule has 0 amide bonds. The number of rotatable bonds is 8. The highest BCUT2D eigenvalue weighted by Gasteiger charge is 2.09. The van der Waals surface area contributed by atoms with Crippen LogP contribution in [0.25, 0.3) is 0 Å². The molecule has 4 heteroatoms. The predicted molar refractivity (Wildman–Crippen MR) is 76.9 cm³/mol. The molecule has 0 aliphatic carbocycles. The number of hydrogen-bond donors (Lipinski definition) is 1. The highest BCUT2D eigenvalue weighted by molar-refractivity contribution is 5.32. The summed E-state index contributed by atoms with van der Waals surface area (Å²) in [5, 5.41) is 3.31. The molecule has 0 aliphatic heterocycles. The van der Waals surface area contributed by atoms with Crippen LogP contribution in [0.3, 0.4) is 0 Å². The average Bonchev–Trinajstić information content (AvgIpc) is 2.37. The van der Waals surface area contributed by atoms with Crippen LogP contribution in [0.2, 0.25) is 0 Å². The van der Waals surface area contributed by atoms with Crippen LogP contribution in [-0.2, 0) is 6.54 Å². The summed E-state index contributed by atoms with van der Waals surface area (Å²) in [6, 6.07) is 2.06. The standard InChI is InChI=1S/C14H26N4/c1-5-8-9-18(7-3)14-16-12(4)10-13(17-14)11-15-6-2/h10,15H,5-9,11H2,1-4H3. The fourth-order valence-corrected chi connectivity index (χ4v) is 1.85. The molecule has 0 radical (unpaired) electrons. The molecule has 0 bridgehead atoms. The quantitative estimate of drug-likeness (QED) is 0.769. The van der Waals surface area contributed by atoms with E-state index in [9.17, 15) is 0 Å². The van der Waals surface area contributed by atoms with Gasteiger partial charge in [0.2, 0.25) is 5.95 Å². The van der Waals surface area contributed by atoms with Gasteiger partial charge < -0.3 is 10.2 Å². The van der Waals surface area contributed by atoms with Gasteiger partial charge in [-0.25, -0.2) is 9.97 Å². The minimum atomic E-state index is 0.818. The number of anilines is 1. The summed E-state index contributed by atoms with van der Waals surface area (Å²) < 4.78 is 0. The summed E-state index contributed by atoms with van der Waals surface area (Å²) in [6.45, 7) is 12.3. The van der Waals surface area contributed by atoms with Crippen LogP contribution in [0.5, 0.6) is 0 Å². The first-order chi connectivity index (χ1) is 8.71. The number of nitrogens with one attached hydrogen (secondary N) is 1. The molecule has 0 saturated heterocycles. The third-order valence-corrected chi connectivity index (χ3v) is 2.90. The molecule has 0 fully saturated rings. The highest BCUT2D eigenvalue weighted by Crippen LogP contribution is 2.11. The van der Waals surface area contributed by atoms with Gasteiger partial charge in [0, 0.05) is 25.3 Å². The molecule has 1 N–H and O–H groups in total. The van der Waals surface area contributed by atoms with Crippen molar-refractivity contribution >= 4 is 5.95 Å². The van der Waals surface area contributed by atoms with Crippen LogP contribution < -0.4 is 10.2 Å². The minimum Gasteiger partial charge on any atom is -0.341 e. The Labute approximate surface area is 111 Å². The lowest BCUT2D eigenvalue weighted by Crippen LogP contribution is -2.27. The molecular formula is C14H26N4. The summed E-state index contributed by atoms with van der Waals surface area (Å²) >= 11 is 0. The van der Waals surface area contributed by atoms with Gasteiger partial charge in [0.15, 0.2) is 0 Å². The SMILES string of the molecule is CCCCN(CC)c1nc(C)cc(CNCC)n1. The van der Waals surface area contributed by atoms with E-state index in [-0.39, 0.29) is 0 Å². The fraction of sp³-hybridized carbons (Fsp3) is 0.714. The minimum absolute atomic E-state index is 0.818. The molecule has 1 rings (SSSR count). The summed E-state index contributed by atoms with van der Waals surface area (Å²) in [7, 11) is 0. The molecule has 102 valence electrons. The summed E-state index contributed by atoms with van der Waals surface area (Å²) in [5.74, 6) is 0.874. The van der Waals surface area contributed by atoms with Crippen LogP contribution in [0.15, 0.2) is 6.07 Å². The van der Waals surface area contributed by atoms with E-state index in [4.69, 9.17) is 0 Å². The highest BCUT2D eigenvalue weighted by atomic mass is 15.2. The smallest absolute Gasteiger partial charge is 0.225 e. The second-order valence-corrected chi connectivity index (χ2v) is 4.51. The molecular weight excluding hydrogens is 224 g/mol. The van der Waals surface area contributed by atoms with E-state index in [1.165, 1.54) is 12.8 Å². The van der Waals surface area contributed by atoms with Crippen molar-refractivity contribution in [2.45, 2.75) is 47.1 Å². The second kappa shape index (κ2) is 8.03. The summed E-state index contributed by atoms with van der Waals surface area (Å²) in [6.07, 6.45) is 2.39. The third kappa shape index (κ3) is 4.61. The van der Waals surface area contributed by atoms with E-state index < -0.39 is 0 Å². The van der Waals surface area contributed by atoms with Crippen LogP contribution in [0.1, 0.15) is 45.0 Å². The van der Waals surface area contributed by atoms with E-state index in [1.807, 2.05) is 6.92 Å². The summed E-state index contributed by atoms with van der Waals surface area (Å²) in [5.41, 5.74) is 2.12. The van der Waals surface area contributed by atoms with Gasteiger partial charge in [0.25, 0.3) is 0 Å². The van der Waals surface area contributed by atoms with E-state index in [2.05, 4.69) is 47.0 Å². The van der Waals surface area contributed by atoms with Crippen molar-refractivity contribution in [2.75, 3.05) is 24.5 Å². The van der Waals surface area contributed by atoms with Gasteiger partial charge in [0.1, 0.15) is 0 Å².